The summed E-state index contributed by atoms with van der Waals surface area (Å²) in [4.78, 5) is 36.1. The summed E-state index contributed by atoms with van der Waals surface area (Å²) in [5, 5.41) is 4.90. The van der Waals surface area contributed by atoms with Crippen LogP contribution in [0.1, 0.15) is 12.8 Å². The molecule has 2 saturated heterocycles. The molecule has 2 aliphatic heterocycles. The monoisotopic (exact) mass is 265 g/mol. The molecule has 19 heavy (non-hydrogen) atoms. The second kappa shape index (κ2) is 5.28. The van der Waals surface area contributed by atoms with Crippen LogP contribution in [0, 0.1) is 12.3 Å². The van der Waals surface area contributed by atoms with Crippen LogP contribution >= 0.6 is 0 Å². The number of esters is 1. The number of amides is 3. The maximum absolute atomic E-state index is 11.7. The molecule has 0 radical (unpaired) electrons. The van der Waals surface area contributed by atoms with Crippen molar-refractivity contribution in [1.29, 1.82) is 0 Å². The van der Waals surface area contributed by atoms with Gasteiger partial charge in [-0.15, -0.1) is 6.42 Å². The Morgan fingerprint density at radius 1 is 1.42 bits per heavy atom. The van der Waals surface area contributed by atoms with Crippen molar-refractivity contribution in [1.82, 2.24) is 15.5 Å². The molecule has 7 nitrogen and oxygen atoms in total. The fraction of sp³-hybridized carbons (Fsp3) is 0.583. The number of nitrogens with one attached hydrogen (secondary N) is 2. The van der Waals surface area contributed by atoms with E-state index in [0.717, 1.165) is 0 Å². The SMILES string of the molecule is C#CCOC(=O)CN1CCC2(CC1)NC(=O)NC2=O. The molecule has 102 valence electrons. The first-order chi connectivity index (χ1) is 9.05. The zero-order valence-corrected chi connectivity index (χ0v) is 10.4. The zero-order chi connectivity index (χ0) is 13.9. The van der Waals surface area contributed by atoms with E-state index in [4.69, 9.17) is 11.2 Å². The lowest BCUT2D eigenvalue weighted by Crippen LogP contribution is -2.55. The Balaban J connectivity index is 1.83. The third-order valence-electron chi connectivity index (χ3n) is 3.39. The van der Waals surface area contributed by atoms with Crippen LogP contribution < -0.4 is 10.6 Å². The third-order valence-corrected chi connectivity index (χ3v) is 3.39. The average Bonchev–Trinajstić information content (AvgIpc) is 2.65. The molecule has 2 aliphatic rings. The topological polar surface area (TPSA) is 87.7 Å². The van der Waals surface area contributed by atoms with E-state index in [1.165, 1.54) is 0 Å². The standard InChI is InChI=1S/C12H15N3O4/c1-2-7-19-9(16)8-15-5-3-12(4-6-15)10(17)13-11(18)14-12/h1H,3-8H2,(H2,13,14,17,18). The number of terminal acetylenes is 1. The van der Waals surface area contributed by atoms with Gasteiger partial charge in [0.1, 0.15) is 5.54 Å². The predicted molar refractivity (Wildman–Crippen MR) is 64.9 cm³/mol. The minimum Gasteiger partial charge on any atom is -0.452 e. The summed E-state index contributed by atoms with van der Waals surface area (Å²) in [6.07, 6.45) is 5.95. The van der Waals surface area contributed by atoms with E-state index in [1.54, 1.807) is 0 Å². The highest BCUT2D eigenvalue weighted by atomic mass is 16.5. The summed E-state index contributed by atoms with van der Waals surface area (Å²) in [5.41, 5.74) is -0.809. The van der Waals surface area contributed by atoms with E-state index in [-0.39, 0.29) is 25.0 Å². The molecule has 0 aliphatic carbocycles. The summed E-state index contributed by atoms with van der Waals surface area (Å²) in [7, 11) is 0. The maximum atomic E-state index is 11.7. The molecule has 0 aromatic heterocycles. The van der Waals surface area contributed by atoms with Gasteiger partial charge in [-0.25, -0.2) is 4.79 Å². The van der Waals surface area contributed by atoms with E-state index < -0.39 is 11.6 Å². The Labute approximate surface area is 110 Å². The molecule has 0 atom stereocenters. The molecule has 0 aromatic carbocycles. The molecule has 0 bridgehead atoms. The van der Waals surface area contributed by atoms with Crippen LogP contribution in [0.3, 0.4) is 0 Å². The fourth-order valence-corrected chi connectivity index (χ4v) is 2.32. The highest BCUT2D eigenvalue weighted by molar-refractivity contribution is 6.07. The lowest BCUT2D eigenvalue weighted by molar-refractivity contribution is -0.144. The third kappa shape index (κ3) is 2.85. The molecule has 2 heterocycles. The second-order valence-corrected chi connectivity index (χ2v) is 4.63. The highest BCUT2D eigenvalue weighted by Gasteiger charge is 2.47. The first-order valence-electron chi connectivity index (χ1n) is 6.01. The van der Waals surface area contributed by atoms with Crippen molar-refractivity contribution in [3.8, 4) is 12.3 Å². The van der Waals surface area contributed by atoms with Crippen LogP contribution in [0.25, 0.3) is 0 Å². The Bertz CT molecular complexity index is 446. The van der Waals surface area contributed by atoms with Gasteiger partial charge >= 0.3 is 12.0 Å². The quantitative estimate of drug-likeness (QED) is 0.382. The number of likely N-dealkylation sites (tertiary alicyclic amines) is 1. The van der Waals surface area contributed by atoms with E-state index >= 15 is 0 Å². The molecule has 0 aromatic rings. The van der Waals surface area contributed by atoms with Crippen molar-refractivity contribution in [2.24, 2.45) is 0 Å². The number of hydrogen-bond donors (Lipinski definition) is 2. The van der Waals surface area contributed by atoms with Crippen molar-refractivity contribution in [3.05, 3.63) is 0 Å². The number of carbonyl (C=O) groups is 3. The smallest absolute Gasteiger partial charge is 0.322 e. The molecular weight excluding hydrogens is 250 g/mol. The van der Waals surface area contributed by atoms with E-state index in [1.807, 2.05) is 4.90 Å². The van der Waals surface area contributed by atoms with E-state index in [2.05, 4.69) is 16.6 Å². The summed E-state index contributed by atoms with van der Waals surface area (Å²) in [5.74, 6) is 1.56. The summed E-state index contributed by atoms with van der Waals surface area (Å²) in [6.45, 7) is 1.19. The minimum absolute atomic E-state index is 0.0327. The van der Waals surface area contributed by atoms with E-state index in [9.17, 15) is 14.4 Å². The number of ether oxygens (including phenoxy) is 1. The number of hydrogen-bond acceptors (Lipinski definition) is 5. The predicted octanol–water partition coefficient (Wildman–Crippen LogP) is -1.16. The lowest BCUT2D eigenvalue weighted by atomic mass is 9.88. The molecule has 3 amide bonds. The maximum Gasteiger partial charge on any atom is 0.322 e. The molecule has 2 rings (SSSR count). The van der Waals surface area contributed by atoms with Crippen LogP contribution in [-0.2, 0) is 14.3 Å². The summed E-state index contributed by atoms with van der Waals surface area (Å²) in [6, 6.07) is -0.452. The van der Waals surface area contributed by atoms with Crippen molar-refractivity contribution >= 4 is 17.9 Å². The van der Waals surface area contributed by atoms with Crippen molar-refractivity contribution in [2.45, 2.75) is 18.4 Å². The number of piperidine rings is 1. The van der Waals surface area contributed by atoms with Gasteiger partial charge in [0.2, 0.25) is 0 Å². The fourth-order valence-electron chi connectivity index (χ4n) is 2.32. The molecule has 7 heteroatoms. The van der Waals surface area contributed by atoms with Crippen LogP contribution in [0.15, 0.2) is 0 Å². The Morgan fingerprint density at radius 3 is 2.63 bits per heavy atom. The van der Waals surface area contributed by atoms with E-state index in [0.29, 0.717) is 25.9 Å². The van der Waals surface area contributed by atoms with Gasteiger partial charge in [0.15, 0.2) is 6.61 Å². The van der Waals surface area contributed by atoms with Crippen molar-refractivity contribution < 1.29 is 19.1 Å². The number of imide groups is 1. The van der Waals surface area contributed by atoms with Crippen molar-refractivity contribution in [2.75, 3.05) is 26.2 Å². The van der Waals surface area contributed by atoms with Crippen LogP contribution in [0.5, 0.6) is 0 Å². The number of rotatable bonds is 3. The molecule has 2 N–H and O–H groups in total. The summed E-state index contributed by atoms with van der Waals surface area (Å²) >= 11 is 0. The second-order valence-electron chi connectivity index (χ2n) is 4.63. The minimum atomic E-state index is -0.809. The Kier molecular flexibility index (Phi) is 3.71. The first kappa shape index (κ1) is 13.4. The van der Waals surface area contributed by atoms with Gasteiger partial charge in [0, 0.05) is 13.1 Å². The van der Waals surface area contributed by atoms with Crippen molar-refractivity contribution in [3.63, 3.8) is 0 Å². The van der Waals surface area contributed by atoms with Gasteiger partial charge in [0.25, 0.3) is 5.91 Å². The van der Waals surface area contributed by atoms with Gasteiger partial charge in [-0.05, 0) is 12.8 Å². The van der Waals surface area contributed by atoms with Gasteiger partial charge in [-0.3, -0.25) is 19.8 Å². The Morgan fingerprint density at radius 2 is 2.11 bits per heavy atom. The van der Waals surface area contributed by atoms with Crippen LogP contribution in [-0.4, -0.2) is 54.6 Å². The normalized spacial score (nSPS) is 21.6. The lowest BCUT2D eigenvalue weighted by Gasteiger charge is -2.36. The first-order valence-corrected chi connectivity index (χ1v) is 6.01. The molecule has 1 spiro atoms. The van der Waals surface area contributed by atoms with Gasteiger partial charge in [0.05, 0.1) is 6.54 Å². The summed E-state index contributed by atoms with van der Waals surface area (Å²) < 4.78 is 4.78. The van der Waals surface area contributed by atoms with Gasteiger partial charge < -0.3 is 10.1 Å². The molecule has 2 fully saturated rings. The van der Waals surface area contributed by atoms with Gasteiger partial charge in [-0.2, -0.15) is 0 Å². The average molecular weight is 265 g/mol. The molecule has 0 unspecified atom stereocenters. The van der Waals surface area contributed by atoms with Crippen LogP contribution in [0.4, 0.5) is 4.79 Å². The molecular formula is C12H15N3O4. The Hall–Kier alpha value is -2.07. The largest absolute Gasteiger partial charge is 0.452 e. The van der Waals surface area contributed by atoms with Crippen LogP contribution in [0.2, 0.25) is 0 Å². The number of nitrogens with zero attached hydrogens (tertiary/aromatic N) is 1. The highest BCUT2D eigenvalue weighted by Crippen LogP contribution is 2.25. The van der Waals surface area contributed by atoms with Gasteiger partial charge in [-0.1, -0.05) is 5.92 Å². The molecule has 0 saturated carbocycles. The zero-order valence-electron chi connectivity index (χ0n) is 10.4. The number of urea groups is 1. The number of carbonyl (C=O) groups excluding carboxylic acids is 3.